The van der Waals surface area contributed by atoms with Gasteiger partial charge in [0.25, 0.3) is 0 Å². The van der Waals surface area contributed by atoms with Crippen LogP contribution in [0.3, 0.4) is 0 Å². The van der Waals surface area contributed by atoms with Gasteiger partial charge in [0.2, 0.25) is 0 Å². The van der Waals surface area contributed by atoms with Crippen LogP contribution < -0.4 is 20.1 Å². The fourth-order valence-corrected chi connectivity index (χ4v) is 3.03. The Labute approximate surface area is 138 Å². The SMILES string of the molecule is c1ccc2c3c(ccc2c1)ONOc1ccc2ccccc2c1O3. The van der Waals surface area contributed by atoms with Gasteiger partial charge in [-0.25, -0.2) is 0 Å². The summed E-state index contributed by atoms with van der Waals surface area (Å²) in [6, 6.07) is 23.8. The Morgan fingerprint density at radius 1 is 0.542 bits per heavy atom. The zero-order valence-electron chi connectivity index (χ0n) is 12.7. The highest BCUT2D eigenvalue weighted by Crippen LogP contribution is 2.45. The Hall–Kier alpha value is -3.24. The molecule has 116 valence electrons. The fourth-order valence-electron chi connectivity index (χ4n) is 3.03. The first-order chi connectivity index (χ1) is 11.9. The Balaban J connectivity index is 1.80. The van der Waals surface area contributed by atoms with Gasteiger partial charge in [0, 0.05) is 16.4 Å². The first-order valence-electron chi connectivity index (χ1n) is 7.70. The monoisotopic (exact) mass is 315 g/mol. The molecule has 5 rings (SSSR count). The van der Waals surface area contributed by atoms with Crippen molar-refractivity contribution < 1.29 is 14.4 Å². The quantitative estimate of drug-likeness (QED) is 0.497. The molecular weight excluding hydrogens is 302 g/mol. The van der Waals surface area contributed by atoms with Crippen molar-refractivity contribution in [2.45, 2.75) is 0 Å². The van der Waals surface area contributed by atoms with Crippen molar-refractivity contribution in [2.75, 3.05) is 0 Å². The zero-order valence-corrected chi connectivity index (χ0v) is 12.7. The van der Waals surface area contributed by atoms with E-state index in [9.17, 15) is 0 Å². The third-order valence-corrected chi connectivity index (χ3v) is 4.19. The summed E-state index contributed by atoms with van der Waals surface area (Å²) < 4.78 is 6.32. The first-order valence-corrected chi connectivity index (χ1v) is 7.70. The van der Waals surface area contributed by atoms with Crippen LogP contribution in [0.5, 0.6) is 23.0 Å². The number of fused-ring (bicyclic) bond motifs is 6. The maximum Gasteiger partial charge on any atom is 0.194 e. The zero-order chi connectivity index (χ0) is 15.9. The molecule has 0 saturated carbocycles. The van der Waals surface area contributed by atoms with Crippen molar-refractivity contribution in [1.29, 1.82) is 0 Å². The molecule has 0 spiro atoms. The second-order valence-corrected chi connectivity index (χ2v) is 5.62. The van der Waals surface area contributed by atoms with E-state index < -0.39 is 0 Å². The maximum atomic E-state index is 6.32. The van der Waals surface area contributed by atoms with Crippen LogP contribution in [0.1, 0.15) is 0 Å². The topological polar surface area (TPSA) is 39.7 Å². The molecule has 0 unspecified atom stereocenters. The van der Waals surface area contributed by atoms with E-state index >= 15 is 0 Å². The van der Waals surface area contributed by atoms with Crippen molar-refractivity contribution in [3.8, 4) is 23.0 Å². The van der Waals surface area contributed by atoms with Gasteiger partial charge in [-0.05, 0) is 22.9 Å². The minimum atomic E-state index is 0.576. The number of hydrogen-bond donors (Lipinski definition) is 1. The summed E-state index contributed by atoms with van der Waals surface area (Å²) in [6.07, 6.45) is 0. The van der Waals surface area contributed by atoms with E-state index in [-0.39, 0.29) is 0 Å². The van der Waals surface area contributed by atoms with Gasteiger partial charge in [-0.3, -0.25) is 0 Å². The molecule has 0 aliphatic carbocycles. The third-order valence-electron chi connectivity index (χ3n) is 4.19. The minimum Gasteiger partial charge on any atom is -0.448 e. The van der Waals surface area contributed by atoms with E-state index in [0.29, 0.717) is 23.0 Å². The average molecular weight is 315 g/mol. The highest BCUT2D eigenvalue weighted by atomic mass is 16.9. The summed E-state index contributed by atoms with van der Waals surface area (Å²) in [7, 11) is 0. The summed E-state index contributed by atoms with van der Waals surface area (Å²) in [5.41, 5.74) is 2.55. The van der Waals surface area contributed by atoms with Gasteiger partial charge < -0.3 is 14.4 Å². The molecule has 1 N–H and O–H groups in total. The molecule has 0 fully saturated rings. The van der Waals surface area contributed by atoms with E-state index in [1.807, 2.05) is 72.8 Å². The summed E-state index contributed by atoms with van der Waals surface area (Å²) in [5, 5.41) is 4.14. The Kier molecular flexibility index (Phi) is 2.84. The van der Waals surface area contributed by atoms with Crippen molar-refractivity contribution in [3.05, 3.63) is 72.8 Å². The number of ether oxygens (including phenoxy) is 1. The second kappa shape index (κ2) is 5.15. The minimum absolute atomic E-state index is 0.576. The summed E-state index contributed by atoms with van der Waals surface area (Å²) >= 11 is 0. The fraction of sp³-hybridized carbons (Fsp3) is 0. The Bertz CT molecular complexity index is 990. The van der Waals surface area contributed by atoms with E-state index in [1.54, 1.807) is 0 Å². The smallest absolute Gasteiger partial charge is 0.194 e. The molecule has 4 nitrogen and oxygen atoms in total. The summed E-state index contributed by atoms with van der Waals surface area (Å²) in [4.78, 5) is 11.0. The molecule has 1 aliphatic rings. The standard InChI is InChI=1S/C20H13NO3/c1-3-7-15-13(5-1)9-11-17-19(15)22-20-16-8-4-2-6-14(16)10-12-18(20)24-21-23-17/h1-12,21H. The number of hydrogen-bond acceptors (Lipinski definition) is 4. The second-order valence-electron chi connectivity index (χ2n) is 5.62. The molecule has 0 aromatic heterocycles. The number of nitrogens with one attached hydrogen (secondary N) is 1. The largest absolute Gasteiger partial charge is 0.448 e. The third kappa shape index (κ3) is 1.97. The normalized spacial score (nSPS) is 13.0. The highest BCUT2D eigenvalue weighted by Gasteiger charge is 2.20. The Morgan fingerprint density at radius 3 is 1.58 bits per heavy atom. The molecule has 0 bridgehead atoms. The lowest BCUT2D eigenvalue weighted by atomic mass is 10.1. The molecule has 0 saturated heterocycles. The van der Waals surface area contributed by atoms with Gasteiger partial charge in [0.05, 0.1) is 0 Å². The molecule has 1 aliphatic heterocycles. The molecule has 1 heterocycles. The van der Waals surface area contributed by atoms with Crippen molar-refractivity contribution in [1.82, 2.24) is 5.64 Å². The van der Waals surface area contributed by atoms with Crippen LogP contribution in [0, 0.1) is 0 Å². The number of rotatable bonds is 0. The van der Waals surface area contributed by atoms with E-state index in [0.717, 1.165) is 21.5 Å². The van der Waals surface area contributed by atoms with Gasteiger partial charge >= 0.3 is 0 Å². The first kappa shape index (κ1) is 13.2. The van der Waals surface area contributed by atoms with Crippen molar-refractivity contribution in [2.24, 2.45) is 0 Å². The Morgan fingerprint density at radius 2 is 1.04 bits per heavy atom. The van der Waals surface area contributed by atoms with Gasteiger partial charge in [-0.2, -0.15) is 0 Å². The molecule has 24 heavy (non-hydrogen) atoms. The van der Waals surface area contributed by atoms with Gasteiger partial charge in [-0.15, -0.1) is 0 Å². The molecule has 0 atom stereocenters. The predicted molar refractivity (Wildman–Crippen MR) is 92.4 cm³/mol. The predicted octanol–water partition coefficient (Wildman–Crippen LogP) is 4.98. The molecule has 4 heteroatoms. The molecule has 0 radical (unpaired) electrons. The molecular formula is C20H13NO3. The van der Waals surface area contributed by atoms with Crippen molar-refractivity contribution >= 4 is 21.5 Å². The van der Waals surface area contributed by atoms with E-state index in [1.165, 1.54) is 0 Å². The molecule has 0 amide bonds. The van der Waals surface area contributed by atoms with E-state index in [4.69, 9.17) is 14.4 Å². The maximum absolute atomic E-state index is 6.32. The lowest BCUT2D eigenvalue weighted by Gasteiger charge is -2.21. The lowest BCUT2D eigenvalue weighted by molar-refractivity contribution is -0.0256. The highest BCUT2D eigenvalue weighted by molar-refractivity contribution is 5.94. The van der Waals surface area contributed by atoms with E-state index in [2.05, 4.69) is 5.64 Å². The van der Waals surface area contributed by atoms with Crippen LogP contribution in [-0.2, 0) is 0 Å². The average Bonchev–Trinajstić information content (AvgIpc) is 2.62. The number of benzene rings is 4. The summed E-state index contributed by atoms with van der Waals surface area (Å²) in [5.74, 6) is 2.49. The van der Waals surface area contributed by atoms with Crippen LogP contribution in [0.4, 0.5) is 0 Å². The molecule has 4 aromatic rings. The van der Waals surface area contributed by atoms with Crippen LogP contribution in [0.25, 0.3) is 21.5 Å². The van der Waals surface area contributed by atoms with Crippen LogP contribution >= 0.6 is 0 Å². The van der Waals surface area contributed by atoms with Crippen molar-refractivity contribution in [3.63, 3.8) is 0 Å². The van der Waals surface area contributed by atoms with Gasteiger partial charge in [0.1, 0.15) is 0 Å². The van der Waals surface area contributed by atoms with Crippen LogP contribution in [0.2, 0.25) is 0 Å². The van der Waals surface area contributed by atoms with Crippen LogP contribution in [-0.4, -0.2) is 0 Å². The van der Waals surface area contributed by atoms with Crippen LogP contribution in [0.15, 0.2) is 72.8 Å². The molecule has 4 aromatic carbocycles. The summed E-state index contributed by atoms with van der Waals surface area (Å²) in [6.45, 7) is 0. The van der Waals surface area contributed by atoms with Gasteiger partial charge in [-0.1, -0.05) is 60.7 Å². The lowest BCUT2D eigenvalue weighted by Crippen LogP contribution is -2.24. The van der Waals surface area contributed by atoms with Gasteiger partial charge in [0.15, 0.2) is 23.0 Å².